The summed E-state index contributed by atoms with van der Waals surface area (Å²) in [6.45, 7) is 4.63. The largest absolute Gasteiger partial charge is 0.465 e. The number of hydrogen-bond donors (Lipinski definition) is 4. The van der Waals surface area contributed by atoms with Gasteiger partial charge in [-0.15, -0.1) is 5.10 Å². The van der Waals surface area contributed by atoms with E-state index in [1.807, 2.05) is 16.8 Å². The van der Waals surface area contributed by atoms with Gasteiger partial charge < -0.3 is 30.6 Å². The van der Waals surface area contributed by atoms with Gasteiger partial charge in [0.15, 0.2) is 17.2 Å². The molecule has 43 heavy (non-hydrogen) atoms. The van der Waals surface area contributed by atoms with Crippen LogP contribution in [0.1, 0.15) is 44.4 Å². The number of halogens is 1. The van der Waals surface area contributed by atoms with E-state index in [0.717, 1.165) is 12.8 Å². The number of nitriles is 2. The van der Waals surface area contributed by atoms with E-state index < -0.39 is 11.7 Å². The zero-order chi connectivity index (χ0) is 31.1. The van der Waals surface area contributed by atoms with Gasteiger partial charge in [-0.1, -0.05) is 11.6 Å². The number of nitrogens with zero attached hydrogens (tertiary/aromatic N) is 9. The Balaban J connectivity index is 1.49. The van der Waals surface area contributed by atoms with E-state index in [2.05, 4.69) is 37.8 Å². The third kappa shape index (κ3) is 6.51. The molecule has 1 saturated heterocycles. The Morgan fingerprint density at radius 1 is 1.21 bits per heavy atom. The van der Waals surface area contributed by atoms with Gasteiger partial charge in [0.05, 0.1) is 45.9 Å². The van der Waals surface area contributed by atoms with Crippen LogP contribution in [0.25, 0.3) is 5.65 Å². The summed E-state index contributed by atoms with van der Waals surface area (Å²) < 4.78 is 1.41. The maximum atomic E-state index is 11.9. The molecule has 3 heterocycles. The van der Waals surface area contributed by atoms with Crippen LogP contribution in [0.15, 0.2) is 18.3 Å². The first-order valence-electron chi connectivity index (χ1n) is 13.9. The summed E-state index contributed by atoms with van der Waals surface area (Å²) >= 11 is 6.98. The van der Waals surface area contributed by atoms with Gasteiger partial charge in [-0.25, -0.2) is 9.78 Å². The zero-order valence-electron chi connectivity index (χ0n) is 24.4. The van der Waals surface area contributed by atoms with Crippen molar-refractivity contribution in [1.29, 1.82) is 10.5 Å². The molecule has 226 valence electrons. The molecule has 2 aliphatic rings. The number of carbonyl (C=O) groups is 1. The molecule has 0 bridgehead atoms. The molecule has 2 atom stereocenters. The van der Waals surface area contributed by atoms with Crippen molar-refractivity contribution in [2.75, 3.05) is 49.3 Å². The minimum absolute atomic E-state index is 0.165. The highest BCUT2D eigenvalue weighted by atomic mass is 35.5. The van der Waals surface area contributed by atoms with E-state index in [-0.39, 0.29) is 29.8 Å². The molecule has 1 aliphatic heterocycles. The van der Waals surface area contributed by atoms with Crippen molar-refractivity contribution in [2.24, 2.45) is 0 Å². The standard InChI is InChI=1S/C28H34ClN11O3/c1-28(2,43)15-37(3)22-14-39(8-7-20(22)38(4)27(41)42)21-10-16(11-30)9-19(23(21)29)34-26-35-24(33-17-5-6-17)25-32-13-18(12-31)40(25)36-26/h9-10,13,17,20,22,43H,5-8,14-15H2,1-4H3,(H,41,42)(H2,33,34,35,36)/t20-,22+/m0/s1. The van der Waals surface area contributed by atoms with Crippen LogP contribution < -0.4 is 15.5 Å². The summed E-state index contributed by atoms with van der Waals surface area (Å²) in [7, 11) is 3.42. The number of aliphatic hydroxyl groups is 1. The van der Waals surface area contributed by atoms with E-state index in [4.69, 9.17) is 11.6 Å². The van der Waals surface area contributed by atoms with Crippen molar-refractivity contribution in [1.82, 2.24) is 29.4 Å². The smallest absolute Gasteiger partial charge is 0.407 e. The molecule has 2 fully saturated rings. The predicted molar refractivity (Wildman–Crippen MR) is 161 cm³/mol. The number of benzene rings is 1. The Labute approximate surface area is 254 Å². The summed E-state index contributed by atoms with van der Waals surface area (Å²) in [5.41, 5.74) is 1.03. The van der Waals surface area contributed by atoms with E-state index in [0.29, 0.717) is 59.5 Å². The molecule has 1 amide bonds. The Hall–Kier alpha value is -4.37. The average Bonchev–Trinajstić information content (AvgIpc) is 3.68. The second kappa shape index (κ2) is 11.7. The van der Waals surface area contributed by atoms with Crippen LogP contribution in [0.2, 0.25) is 5.02 Å². The number of imidazole rings is 1. The third-order valence-electron chi connectivity index (χ3n) is 7.71. The Kier molecular flexibility index (Phi) is 8.21. The number of likely N-dealkylation sites (N-methyl/N-ethyl adjacent to an activating group) is 2. The van der Waals surface area contributed by atoms with Crippen LogP contribution in [-0.4, -0.2) is 103 Å². The van der Waals surface area contributed by atoms with E-state index in [9.17, 15) is 25.5 Å². The summed E-state index contributed by atoms with van der Waals surface area (Å²) in [6, 6.07) is 7.27. The van der Waals surface area contributed by atoms with Gasteiger partial charge >= 0.3 is 6.09 Å². The van der Waals surface area contributed by atoms with Crippen molar-refractivity contribution >= 4 is 46.5 Å². The molecule has 5 rings (SSSR count). The van der Waals surface area contributed by atoms with Crippen LogP contribution in [-0.2, 0) is 0 Å². The molecule has 1 saturated carbocycles. The van der Waals surface area contributed by atoms with Crippen molar-refractivity contribution < 1.29 is 15.0 Å². The van der Waals surface area contributed by atoms with Gasteiger partial charge in [0.1, 0.15) is 6.07 Å². The van der Waals surface area contributed by atoms with Crippen LogP contribution in [0.3, 0.4) is 0 Å². The number of piperidine rings is 1. The second-order valence-electron chi connectivity index (χ2n) is 11.8. The Morgan fingerprint density at radius 3 is 2.58 bits per heavy atom. The number of hydrogen-bond acceptors (Lipinski definition) is 11. The highest BCUT2D eigenvalue weighted by Gasteiger charge is 2.38. The fraction of sp³-hybridized carbons (Fsp3) is 0.500. The second-order valence-corrected chi connectivity index (χ2v) is 12.2. The normalized spacial score (nSPS) is 18.8. The van der Waals surface area contributed by atoms with Crippen LogP contribution >= 0.6 is 11.6 Å². The van der Waals surface area contributed by atoms with Crippen molar-refractivity contribution in [3.05, 3.63) is 34.6 Å². The van der Waals surface area contributed by atoms with Crippen LogP contribution in [0.5, 0.6) is 0 Å². The average molecular weight is 608 g/mol. The highest BCUT2D eigenvalue weighted by Crippen LogP contribution is 2.38. The summed E-state index contributed by atoms with van der Waals surface area (Å²) in [5.74, 6) is 0.647. The van der Waals surface area contributed by atoms with Crippen molar-refractivity contribution in [2.45, 2.75) is 56.8 Å². The lowest BCUT2D eigenvalue weighted by atomic mass is 9.94. The lowest BCUT2D eigenvalue weighted by Crippen LogP contribution is -2.61. The molecule has 0 spiro atoms. The molecule has 2 aromatic heterocycles. The fourth-order valence-corrected chi connectivity index (χ4v) is 5.81. The van der Waals surface area contributed by atoms with Crippen LogP contribution in [0, 0.1) is 22.7 Å². The first-order valence-corrected chi connectivity index (χ1v) is 14.3. The SMILES string of the molecule is CN(CC(C)(C)O)[C@@H]1CN(c2cc(C#N)cc(Nc3nc(NC4CC4)c4ncc(C#N)n4n3)c2Cl)CC[C@@H]1N(C)C(=O)O. The highest BCUT2D eigenvalue weighted by molar-refractivity contribution is 6.36. The quantitative estimate of drug-likeness (QED) is 0.279. The molecule has 0 unspecified atom stereocenters. The van der Waals surface area contributed by atoms with Crippen molar-refractivity contribution in [3.63, 3.8) is 0 Å². The van der Waals surface area contributed by atoms with Gasteiger partial charge in [-0.3, -0.25) is 4.90 Å². The van der Waals surface area contributed by atoms with Gasteiger partial charge in [-0.05, 0) is 52.3 Å². The summed E-state index contributed by atoms with van der Waals surface area (Å²) in [5, 5.41) is 50.9. The third-order valence-corrected chi connectivity index (χ3v) is 8.11. The number of nitrogens with one attached hydrogen (secondary N) is 2. The van der Waals surface area contributed by atoms with E-state index >= 15 is 0 Å². The van der Waals surface area contributed by atoms with E-state index in [1.165, 1.54) is 15.6 Å². The molecular weight excluding hydrogens is 574 g/mol. The molecule has 1 aromatic carbocycles. The number of amides is 1. The van der Waals surface area contributed by atoms with Crippen LogP contribution in [0.4, 0.5) is 27.9 Å². The predicted octanol–water partition coefficient (Wildman–Crippen LogP) is 3.10. The topological polar surface area (TPSA) is 182 Å². The Morgan fingerprint density at radius 2 is 1.95 bits per heavy atom. The molecule has 14 nitrogen and oxygen atoms in total. The number of anilines is 4. The molecule has 0 radical (unpaired) electrons. The van der Waals surface area contributed by atoms with Crippen molar-refractivity contribution in [3.8, 4) is 12.1 Å². The lowest BCUT2D eigenvalue weighted by molar-refractivity contribution is 0.0117. The summed E-state index contributed by atoms with van der Waals surface area (Å²) in [4.78, 5) is 26.1. The maximum absolute atomic E-state index is 11.9. The van der Waals surface area contributed by atoms with E-state index in [1.54, 1.807) is 33.0 Å². The Bertz CT molecular complexity index is 1620. The molecule has 3 aromatic rings. The number of aromatic nitrogens is 4. The van der Waals surface area contributed by atoms with Gasteiger partial charge in [-0.2, -0.15) is 20.0 Å². The number of carboxylic acid groups (broad SMARTS) is 1. The molecule has 15 heteroatoms. The first-order chi connectivity index (χ1) is 20.4. The number of fused-ring (bicyclic) bond motifs is 1. The van der Waals surface area contributed by atoms with Gasteiger partial charge in [0.25, 0.3) is 0 Å². The molecule has 1 aliphatic carbocycles. The minimum atomic E-state index is -1.03. The number of rotatable bonds is 9. The summed E-state index contributed by atoms with van der Waals surface area (Å²) in [6.07, 6.45) is 2.93. The maximum Gasteiger partial charge on any atom is 0.407 e. The molecule has 4 N–H and O–H groups in total. The molecular formula is C28H34ClN11O3. The lowest BCUT2D eigenvalue weighted by Gasteiger charge is -2.47. The van der Waals surface area contributed by atoms with Gasteiger partial charge in [0.2, 0.25) is 5.95 Å². The first kappa shape index (κ1) is 30.1. The fourth-order valence-electron chi connectivity index (χ4n) is 5.54. The zero-order valence-corrected chi connectivity index (χ0v) is 25.2. The van der Waals surface area contributed by atoms with Gasteiger partial charge in [0, 0.05) is 38.8 Å². The monoisotopic (exact) mass is 607 g/mol. The minimum Gasteiger partial charge on any atom is -0.465 e.